The van der Waals surface area contributed by atoms with E-state index >= 15 is 0 Å². The molecule has 0 unspecified atom stereocenters. The van der Waals surface area contributed by atoms with E-state index in [9.17, 15) is 4.79 Å². The Morgan fingerprint density at radius 2 is 2.27 bits per heavy atom. The number of carbonyl (C=O) groups excluding carboxylic acids is 1. The van der Waals surface area contributed by atoms with Gasteiger partial charge in [-0.05, 0) is 28.9 Å². The number of aromatic nitrogens is 2. The van der Waals surface area contributed by atoms with Crippen molar-refractivity contribution in [1.82, 2.24) is 10.2 Å². The first kappa shape index (κ1) is 10.1. The number of nitrogens with one attached hydrogen (secondary N) is 1. The smallest absolute Gasteiger partial charge is 0.155 e. The molecule has 0 aliphatic rings. The summed E-state index contributed by atoms with van der Waals surface area (Å²) in [7, 11) is 0. The van der Waals surface area contributed by atoms with Gasteiger partial charge in [-0.25, -0.2) is 0 Å². The van der Waals surface area contributed by atoms with Gasteiger partial charge in [-0.15, -0.1) is 0 Å². The summed E-state index contributed by atoms with van der Waals surface area (Å²) in [5.74, 6) is 0. The number of nitrogens with zero attached hydrogens (tertiary/aromatic N) is 1. The summed E-state index contributed by atoms with van der Waals surface area (Å²) < 4.78 is 0.619. The lowest BCUT2D eigenvalue weighted by Gasteiger charge is -1.99. The lowest BCUT2D eigenvalue weighted by molar-refractivity contribution is 0.112. The van der Waals surface area contributed by atoms with Gasteiger partial charge in [-0.3, -0.25) is 9.89 Å². The molecule has 0 saturated carbocycles. The Kier molecular flexibility index (Phi) is 2.68. The highest BCUT2D eigenvalue weighted by Crippen LogP contribution is 2.25. The van der Waals surface area contributed by atoms with Crippen molar-refractivity contribution in [2.75, 3.05) is 0 Å². The van der Waals surface area contributed by atoms with E-state index in [1.165, 1.54) is 0 Å². The lowest BCUT2D eigenvalue weighted by atomic mass is 10.1. The molecule has 0 radical (unpaired) electrons. The molecule has 1 N–H and O–H groups in total. The molecule has 0 aliphatic heterocycles. The maximum absolute atomic E-state index is 10.9. The number of hydrogen-bond acceptors (Lipinski definition) is 2. The van der Waals surface area contributed by atoms with Crippen LogP contribution in [0.4, 0.5) is 0 Å². The van der Waals surface area contributed by atoms with Gasteiger partial charge in [-0.2, -0.15) is 5.10 Å². The Hall–Kier alpha value is -1.42. The number of carbonyl (C=O) groups is 1. The van der Waals surface area contributed by atoms with Gasteiger partial charge in [0.1, 0.15) is 10.3 Å². The summed E-state index contributed by atoms with van der Waals surface area (Å²) in [6.07, 6.45) is 0.797. The summed E-state index contributed by atoms with van der Waals surface area (Å²) in [6.45, 7) is 2.01. The normalized spacial score (nSPS) is 10.3. The van der Waals surface area contributed by atoms with Gasteiger partial charge < -0.3 is 0 Å². The average molecular weight is 265 g/mol. The second kappa shape index (κ2) is 3.98. The third-order valence-electron chi connectivity index (χ3n) is 2.17. The van der Waals surface area contributed by atoms with Crippen LogP contribution in [0.15, 0.2) is 28.9 Å². The number of benzene rings is 1. The Balaban J connectivity index is 2.58. The van der Waals surface area contributed by atoms with Crippen LogP contribution in [0, 0.1) is 6.92 Å². The standard InChI is InChI=1S/C11H9BrN2O/c1-7-3-2-4-8(5-7)10-9(6-15)11(12)14-13-10/h2-6H,1H3,(H,13,14). The zero-order chi connectivity index (χ0) is 10.8. The van der Waals surface area contributed by atoms with E-state index in [-0.39, 0.29) is 0 Å². The summed E-state index contributed by atoms with van der Waals surface area (Å²) >= 11 is 3.24. The van der Waals surface area contributed by atoms with Crippen molar-refractivity contribution in [1.29, 1.82) is 0 Å². The number of rotatable bonds is 2. The molecule has 2 rings (SSSR count). The molecule has 4 heteroatoms. The van der Waals surface area contributed by atoms with Crippen molar-refractivity contribution in [2.24, 2.45) is 0 Å². The minimum Gasteiger partial charge on any atom is -0.298 e. The second-order valence-electron chi connectivity index (χ2n) is 3.29. The number of halogens is 1. The summed E-state index contributed by atoms with van der Waals surface area (Å²) in [5.41, 5.74) is 3.32. The van der Waals surface area contributed by atoms with Crippen LogP contribution in [0.3, 0.4) is 0 Å². The summed E-state index contributed by atoms with van der Waals surface area (Å²) in [4.78, 5) is 10.9. The predicted molar refractivity (Wildman–Crippen MR) is 61.8 cm³/mol. The highest BCUT2D eigenvalue weighted by Gasteiger charge is 2.11. The van der Waals surface area contributed by atoms with Crippen LogP contribution in [0.2, 0.25) is 0 Å². The van der Waals surface area contributed by atoms with Gasteiger partial charge in [0.15, 0.2) is 6.29 Å². The largest absolute Gasteiger partial charge is 0.298 e. The van der Waals surface area contributed by atoms with Crippen LogP contribution < -0.4 is 0 Å². The van der Waals surface area contributed by atoms with E-state index in [0.717, 1.165) is 17.4 Å². The molecule has 1 aromatic heterocycles. The molecule has 15 heavy (non-hydrogen) atoms. The second-order valence-corrected chi connectivity index (χ2v) is 4.08. The number of aromatic amines is 1. The Morgan fingerprint density at radius 3 is 2.93 bits per heavy atom. The zero-order valence-electron chi connectivity index (χ0n) is 8.12. The third kappa shape index (κ3) is 1.85. The molecule has 2 aromatic rings. The average Bonchev–Trinajstić information content (AvgIpc) is 2.59. The van der Waals surface area contributed by atoms with Crippen LogP contribution in [-0.2, 0) is 0 Å². The molecule has 76 valence electrons. The highest BCUT2D eigenvalue weighted by atomic mass is 79.9. The maximum Gasteiger partial charge on any atom is 0.155 e. The monoisotopic (exact) mass is 264 g/mol. The van der Waals surface area contributed by atoms with Crippen LogP contribution in [0.1, 0.15) is 15.9 Å². The molecular formula is C11H9BrN2O. The zero-order valence-corrected chi connectivity index (χ0v) is 9.71. The predicted octanol–water partition coefficient (Wildman–Crippen LogP) is 2.96. The minimum absolute atomic E-state index is 0.556. The number of aryl methyl sites for hydroxylation is 1. The van der Waals surface area contributed by atoms with Gasteiger partial charge in [-0.1, -0.05) is 23.8 Å². The van der Waals surface area contributed by atoms with Gasteiger partial charge in [0, 0.05) is 5.56 Å². The van der Waals surface area contributed by atoms with Crippen LogP contribution in [0.5, 0.6) is 0 Å². The Bertz CT molecular complexity index is 505. The van der Waals surface area contributed by atoms with Crippen molar-refractivity contribution in [3.05, 3.63) is 40.0 Å². The lowest BCUT2D eigenvalue weighted by Crippen LogP contribution is -1.85. The van der Waals surface area contributed by atoms with E-state index in [2.05, 4.69) is 26.1 Å². The van der Waals surface area contributed by atoms with Crippen LogP contribution in [-0.4, -0.2) is 16.5 Å². The van der Waals surface area contributed by atoms with Crippen LogP contribution >= 0.6 is 15.9 Å². The highest BCUT2D eigenvalue weighted by molar-refractivity contribution is 9.10. The Morgan fingerprint density at radius 1 is 1.47 bits per heavy atom. The number of H-pyrrole nitrogens is 1. The van der Waals surface area contributed by atoms with Crippen molar-refractivity contribution in [3.63, 3.8) is 0 Å². The van der Waals surface area contributed by atoms with E-state index in [1.54, 1.807) is 0 Å². The molecule has 3 nitrogen and oxygen atoms in total. The molecule has 0 bridgehead atoms. The van der Waals surface area contributed by atoms with Crippen molar-refractivity contribution >= 4 is 22.2 Å². The molecule has 0 fully saturated rings. The van der Waals surface area contributed by atoms with Gasteiger partial charge in [0.25, 0.3) is 0 Å². The molecule has 1 heterocycles. The third-order valence-corrected chi connectivity index (χ3v) is 2.77. The number of hydrogen-bond donors (Lipinski definition) is 1. The van der Waals surface area contributed by atoms with E-state index in [1.807, 2.05) is 31.2 Å². The molecule has 0 spiro atoms. The fraction of sp³-hybridized carbons (Fsp3) is 0.0909. The van der Waals surface area contributed by atoms with E-state index in [4.69, 9.17) is 0 Å². The Labute approximate surface area is 95.6 Å². The first-order valence-corrected chi connectivity index (χ1v) is 5.27. The topological polar surface area (TPSA) is 45.8 Å². The van der Waals surface area contributed by atoms with Crippen molar-refractivity contribution in [3.8, 4) is 11.3 Å². The molecule has 0 atom stereocenters. The fourth-order valence-corrected chi connectivity index (χ4v) is 1.82. The SMILES string of the molecule is Cc1cccc(-c2n[nH]c(Br)c2C=O)c1. The molecule has 0 saturated heterocycles. The van der Waals surface area contributed by atoms with Gasteiger partial charge >= 0.3 is 0 Å². The van der Waals surface area contributed by atoms with Crippen molar-refractivity contribution in [2.45, 2.75) is 6.92 Å². The molecular weight excluding hydrogens is 256 g/mol. The first-order chi connectivity index (χ1) is 7.22. The van der Waals surface area contributed by atoms with Gasteiger partial charge in [0.2, 0.25) is 0 Å². The minimum atomic E-state index is 0.556. The van der Waals surface area contributed by atoms with Crippen LogP contribution in [0.25, 0.3) is 11.3 Å². The first-order valence-electron chi connectivity index (χ1n) is 4.48. The quantitative estimate of drug-likeness (QED) is 0.848. The van der Waals surface area contributed by atoms with E-state index < -0.39 is 0 Å². The molecule has 0 amide bonds. The summed E-state index contributed by atoms with van der Waals surface area (Å²) in [6, 6.07) is 7.88. The molecule has 0 aliphatic carbocycles. The van der Waals surface area contributed by atoms with Crippen molar-refractivity contribution < 1.29 is 4.79 Å². The number of aldehydes is 1. The van der Waals surface area contributed by atoms with Gasteiger partial charge in [0.05, 0.1) is 5.56 Å². The molecule has 1 aromatic carbocycles. The fourth-order valence-electron chi connectivity index (χ4n) is 1.45. The summed E-state index contributed by atoms with van der Waals surface area (Å²) in [5, 5.41) is 6.84. The van der Waals surface area contributed by atoms with E-state index in [0.29, 0.717) is 15.9 Å². The maximum atomic E-state index is 10.9.